The molecule has 0 radical (unpaired) electrons. The summed E-state index contributed by atoms with van der Waals surface area (Å²) in [7, 11) is 0. The maximum atomic E-state index is 12.2. The minimum Gasteiger partial charge on any atom is -0.292 e. The summed E-state index contributed by atoms with van der Waals surface area (Å²) < 4.78 is 2.62. The molecule has 0 unspecified atom stereocenters. The Kier molecular flexibility index (Phi) is 4.25. The lowest BCUT2D eigenvalue weighted by Crippen LogP contribution is -2.12. The van der Waals surface area contributed by atoms with E-state index in [1.54, 1.807) is 4.68 Å². The average molecular weight is 308 g/mol. The van der Waals surface area contributed by atoms with Crippen molar-refractivity contribution in [3.05, 3.63) is 46.2 Å². The van der Waals surface area contributed by atoms with Crippen LogP contribution in [0.1, 0.15) is 29.4 Å². The minimum atomic E-state index is 0.0420. The number of halogens is 1. The molecule has 4 nitrogen and oxygen atoms in total. The highest BCUT2D eigenvalue weighted by molar-refractivity contribution is 9.10. The van der Waals surface area contributed by atoms with Gasteiger partial charge in [0.1, 0.15) is 5.69 Å². The third-order valence-corrected chi connectivity index (χ3v) is 3.42. The molecule has 0 aliphatic carbocycles. The van der Waals surface area contributed by atoms with Crippen molar-refractivity contribution in [1.82, 2.24) is 15.0 Å². The minimum absolute atomic E-state index is 0.0420. The highest BCUT2D eigenvalue weighted by Gasteiger charge is 2.14. The second-order valence-corrected chi connectivity index (χ2v) is 4.89. The maximum absolute atomic E-state index is 12.2. The van der Waals surface area contributed by atoms with Gasteiger partial charge in [-0.25, -0.2) is 4.68 Å². The molecule has 0 atom stereocenters. The summed E-state index contributed by atoms with van der Waals surface area (Å²) in [6.45, 7) is 2.76. The Morgan fingerprint density at radius 1 is 1.39 bits per heavy atom. The molecule has 0 aliphatic heterocycles. The fourth-order valence-electron chi connectivity index (χ4n) is 1.76. The number of hydrogen-bond acceptors (Lipinski definition) is 3. The van der Waals surface area contributed by atoms with Gasteiger partial charge in [-0.1, -0.05) is 46.3 Å². The van der Waals surface area contributed by atoms with E-state index in [2.05, 4.69) is 26.2 Å². The lowest BCUT2D eigenvalue weighted by atomic mass is 10.1. The van der Waals surface area contributed by atoms with Crippen LogP contribution in [0.25, 0.3) is 0 Å². The van der Waals surface area contributed by atoms with Crippen molar-refractivity contribution in [2.45, 2.75) is 26.3 Å². The van der Waals surface area contributed by atoms with Crippen LogP contribution in [-0.2, 0) is 13.0 Å². The van der Waals surface area contributed by atoms with Gasteiger partial charge >= 0.3 is 0 Å². The van der Waals surface area contributed by atoms with E-state index in [0.29, 0.717) is 12.1 Å². The number of carbonyl (C=O) groups is 1. The highest BCUT2D eigenvalue weighted by atomic mass is 79.9. The summed E-state index contributed by atoms with van der Waals surface area (Å²) in [6.07, 6.45) is 2.83. The predicted octanol–water partition coefficient (Wildman–Crippen LogP) is 2.88. The summed E-state index contributed by atoms with van der Waals surface area (Å²) >= 11 is 3.45. The van der Waals surface area contributed by atoms with E-state index in [0.717, 1.165) is 23.0 Å². The Labute approximate surface area is 114 Å². The van der Waals surface area contributed by atoms with Crippen molar-refractivity contribution in [3.8, 4) is 0 Å². The fraction of sp³-hybridized carbons (Fsp3) is 0.308. The molecule has 1 heterocycles. The van der Waals surface area contributed by atoms with E-state index in [-0.39, 0.29) is 5.78 Å². The van der Waals surface area contributed by atoms with Crippen LogP contribution in [0, 0.1) is 0 Å². The Hall–Kier alpha value is -1.49. The fourth-order valence-corrected chi connectivity index (χ4v) is 2.18. The van der Waals surface area contributed by atoms with Gasteiger partial charge in [0.05, 0.1) is 6.20 Å². The number of hydrogen-bond donors (Lipinski definition) is 0. The zero-order valence-corrected chi connectivity index (χ0v) is 11.7. The van der Waals surface area contributed by atoms with E-state index < -0.39 is 0 Å². The molecule has 2 aromatic rings. The molecule has 0 saturated carbocycles. The number of aromatic nitrogens is 3. The number of benzene rings is 1. The van der Waals surface area contributed by atoms with Gasteiger partial charge in [-0.05, 0) is 18.1 Å². The topological polar surface area (TPSA) is 47.8 Å². The van der Waals surface area contributed by atoms with Gasteiger partial charge in [-0.3, -0.25) is 4.79 Å². The van der Waals surface area contributed by atoms with Gasteiger partial charge in [-0.15, -0.1) is 5.10 Å². The molecule has 1 aromatic heterocycles. The third kappa shape index (κ3) is 2.85. The second-order valence-electron chi connectivity index (χ2n) is 4.03. The quantitative estimate of drug-likeness (QED) is 0.798. The first kappa shape index (κ1) is 13.0. The number of aryl methyl sites for hydroxylation is 1. The number of ketones is 1. The van der Waals surface area contributed by atoms with E-state index in [1.807, 2.05) is 31.2 Å². The van der Waals surface area contributed by atoms with Crippen LogP contribution in [0.3, 0.4) is 0 Å². The lowest BCUT2D eigenvalue weighted by Gasteiger charge is -2.05. The first-order valence-electron chi connectivity index (χ1n) is 5.87. The van der Waals surface area contributed by atoms with Crippen LogP contribution in [0.4, 0.5) is 0 Å². The first-order chi connectivity index (χ1) is 8.72. The van der Waals surface area contributed by atoms with Gasteiger partial charge < -0.3 is 0 Å². The van der Waals surface area contributed by atoms with Gasteiger partial charge in [0.15, 0.2) is 5.78 Å². The van der Waals surface area contributed by atoms with Crippen LogP contribution in [0.2, 0.25) is 0 Å². The molecular weight excluding hydrogens is 294 g/mol. The molecule has 1 aromatic carbocycles. The second kappa shape index (κ2) is 5.91. The smallest absolute Gasteiger partial charge is 0.186 e. The summed E-state index contributed by atoms with van der Waals surface area (Å²) in [5, 5.41) is 7.73. The van der Waals surface area contributed by atoms with Crippen molar-refractivity contribution >= 4 is 21.7 Å². The Morgan fingerprint density at radius 3 is 2.89 bits per heavy atom. The van der Waals surface area contributed by atoms with Gasteiger partial charge in [0.2, 0.25) is 0 Å². The number of Topliss-reactive ketones (excluding diaryl/α,β-unsaturated/α-hetero) is 1. The Balaban J connectivity index is 2.17. The van der Waals surface area contributed by atoms with E-state index >= 15 is 0 Å². The third-order valence-electron chi connectivity index (χ3n) is 2.65. The van der Waals surface area contributed by atoms with Crippen LogP contribution >= 0.6 is 15.9 Å². The van der Waals surface area contributed by atoms with Gasteiger partial charge in [-0.2, -0.15) is 0 Å². The molecule has 94 valence electrons. The standard InChI is InChI=1S/C13H14BrN3O/c1-2-7-17-12(9-15-16-17)13(18)8-10-5-3-4-6-11(10)14/h3-6,9H,2,7-8H2,1H3. The van der Waals surface area contributed by atoms with Crippen molar-refractivity contribution in [3.63, 3.8) is 0 Å². The van der Waals surface area contributed by atoms with Crippen molar-refractivity contribution in [1.29, 1.82) is 0 Å². The Bertz CT molecular complexity index is 551. The molecule has 0 N–H and O–H groups in total. The number of carbonyl (C=O) groups excluding carboxylic acids is 1. The molecule has 18 heavy (non-hydrogen) atoms. The predicted molar refractivity (Wildman–Crippen MR) is 72.5 cm³/mol. The van der Waals surface area contributed by atoms with Crippen molar-refractivity contribution in [2.75, 3.05) is 0 Å². The van der Waals surface area contributed by atoms with E-state index in [1.165, 1.54) is 6.20 Å². The Morgan fingerprint density at radius 2 is 2.17 bits per heavy atom. The molecule has 0 spiro atoms. The summed E-state index contributed by atoms with van der Waals surface area (Å²) in [6, 6.07) is 7.73. The molecular formula is C13H14BrN3O. The largest absolute Gasteiger partial charge is 0.292 e. The van der Waals surface area contributed by atoms with E-state index in [4.69, 9.17) is 0 Å². The van der Waals surface area contributed by atoms with E-state index in [9.17, 15) is 4.79 Å². The zero-order chi connectivity index (χ0) is 13.0. The summed E-state index contributed by atoms with van der Waals surface area (Å²) in [4.78, 5) is 12.2. The molecule has 0 amide bonds. The lowest BCUT2D eigenvalue weighted by molar-refractivity contribution is 0.0982. The molecule has 0 bridgehead atoms. The zero-order valence-electron chi connectivity index (χ0n) is 10.1. The van der Waals surface area contributed by atoms with Gasteiger partial charge in [0.25, 0.3) is 0 Å². The van der Waals surface area contributed by atoms with Crippen molar-refractivity contribution < 1.29 is 4.79 Å². The maximum Gasteiger partial charge on any atom is 0.186 e. The molecule has 5 heteroatoms. The van der Waals surface area contributed by atoms with Crippen LogP contribution in [-0.4, -0.2) is 20.8 Å². The normalized spacial score (nSPS) is 10.6. The summed E-state index contributed by atoms with van der Waals surface area (Å²) in [5.41, 5.74) is 1.55. The van der Waals surface area contributed by atoms with Crippen LogP contribution in [0.5, 0.6) is 0 Å². The van der Waals surface area contributed by atoms with Crippen LogP contribution in [0.15, 0.2) is 34.9 Å². The number of nitrogens with zero attached hydrogens (tertiary/aromatic N) is 3. The monoisotopic (exact) mass is 307 g/mol. The molecule has 0 fully saturated rings. The SMILES string of the molecule is CCCn1nncc1C(=O)Cc1ccccc1Br. The average Bonchev–Trinajstić information content (AvgIpc) is 2.81. The van der Waals surface area contributed by atoms with Gasteiger partial charge in [0, 0.05) is 17.4 Å². The highest BCUT2D eigenvalue weighted by Crippen LogP contribution is 2.17. The molecule has 2 rings (SSSR count). The number of rotatable bonds is 5. The van der Waals surface area contributed by atoms with Crippen LogP contribution < -0.4 is 0 Å². The molecule has 0 saturated heterocycles. The molecule has 0 aliphatic rings. The van der Waals surface area contributed by atoms with Crippen molar-refractivity contribution in [2.24, 2.45) is 0 Å². The summed E-state index contributed by atoms with van der Waals surface area (Å²) in [5.74, 6) is 0.0420. The first-order valence-corrected chi connectivity index (χ1v) is 6.66.